The van der Waals surface area contributed by atoms with Crippen LogP contribution in [0, 0.1) is 0 Å². The maximum absolute atomic E-state index is 10.8. The van der Waals surface area contributed by atoms with E-state index in [0.717, 1.165) is 5.56 Å². The van der Waals surface area contributed by atoms with E-state index in [4.69, 9.17) is 0 Å². The molecule has 1 saturated carbocycles. The molecule has 0 spiro atoms. The molecule has 1 N–H and O–H groups in total. The average Bonchev–Trinajstić information content (AvgIpc) is 3.11. The number of nitrogens with zero attached hydrogens (tertiary/aromatic N) is 2. The van der Waals surface area contributed by atoms with Crippen LogP contribution in [0.3, 0.4) is 0 Å². The van der Waals surface area contributed by atoms with Gasteiger partial charge >= 0.3 is 0 Å². The van der Waals surface area contributed by atoms with Crippen LogP contribution in [0.25, 0.3) is 0 Å². The zero-order valence-corrected chi connectivity index (χ0v) is 12.5. The van der Waals surface area contributed by atoms with Gasteiger partial charge in [-0.3, -0.25) is 9.48 Å². The lowest BCUT2D eigenvalue weighted by Gasteiger charge is -2.09. The molecule has 1 aromatic heterocycles. The number of aromatic nitrogens is 2. The molecule has 1 aliphatic carbocycles. The summed E-state index contributed by atoms with van der Waals surface area (Å²) in [4.78, 5) is 10.8. The van der Waals surface area contributed by atoms with Crippen molar-refractivity contribution in [3.8, 4) is 0 Å². The Morgan fingerprint density at radius 2 is 1.94 bits per heavy atom. The smallest absolute Gasteiger partial charge is 0.217 e. The lowest BCUT2D eigenvalue weighted by Crippen LogP contribution is -2.23. The first-order chi connectivity index (χ1) is 8.66. The summed E-state index contributed by atoms with van der Waals surface area (Å²) in [7, 11) is 0. The highest BCUT2D eigenvalue weighted by molar-refractivity contribution is 5.73. The molecule has 1 heterocycles. The maximum atomic E-state index is 10.8. The molecule has 0 aromatic carbocycles. The molecule has 104 valence electrons. The molecule has 1 aromatic rings. The van der Waals surface area contributed by atoms with E-state index in [9.17, 15) is 4.79 Å². The number of carbonyl (C=O) groups is 1. The molecule has 0 radical (unpaired) electrons. The third-order valence-corrected chi connectivity index (χ3v) is 2.46. The molecule has 2 rings (SSSR count). The molecular formula is C14H27N3O. The summed E-state index contributed by atoms with van der Waals surface area (Å²) < 4.78 is 1.99. The first-order valence-corrected chi connectivity index (χ1v) is 6.98. The molecule has 0 saturated heterocycles. The zero-order chi connectivity index (χ0) is 14.1. The molecule has 1 amide bonds. The fourth-order valence-electron chi connectivity index (χ4n) is 1.50. The highest BCUT2D eigenvalue weighted by Crippen LogP contribution is 2.34. The van der Waals surface area contributed by atoms with Gasteiger partial charge < -0.3 is 5.32 Å². The largest absolute Gasteiger partial charge is 0.350 e. The van der Waals surface area contributed by atoms with Gasteiger partial charge in [0.1, 0.15) is 0 Å². The van der Waals surface area contributed by atoms with Gasteiger partial charge in [-0.25, -0.2) is 0 Å². The van der Waals surface area contributed by atoms with Crippen molar-refractivity contribution in [1.82, 2.24) is 15.1 Å². The summed E-state index contributed by atoms with van der Waals surface area (Å²) in [6.07, 6.45) is 6.32. The molecule has 1 fully saturated rings. The van der Waals surface area contributed by atoms with Gasteiger partial charge in [0.05, 0.1) is 18.3 Å². The molecule has 18 heavy (non-hydrogen) atoms. The van der Waals surface area contributed by atoms with E-state index in [0.29, 0.717) is 6.04 Å². The van der Waals surface area contributed by atoms with Crippen LogP contribution in [0.2, 0.25) is 0 Å². The second kappa shape index (κ2) is 8.72. The SMILES string of the molecule is CC.CC.CC(=O)NC(C)c1cnn(C2CC2)c1. The van der Waals surface area contributed by atoms with Crippen LogP contribution < -0.4 is 5.32 Å². The normalized spacial score (nSPS) is 14.6. The van der Waals surface area contributed by atoms with Crippen molar-refractivity contribution >= 4 is 5.91 Å². The molecule has 4 nitrogen and oxygen atoms in total. The van der Waals surface area contributed by atoms with E-state index in [-0.39, 0.29) is 11.9 Å². The van der Waals surface area contributed by atoms with Crippen LogP contribution in [0.1, 0.15) is 72.0 Å². The molecule has 0 aliphatic heterocycles. The number of hydrogen-bond donors (Lipinski definition) is 1. The Labute approximate surface area is 111 Å². The van der Waals surface area contributed by atoms with E-state index in [1.54, 1.807) is 0 Å². The van der Waals surface area contributed by atoms with E-state index in [2.05, 4.69) is 10.4 Å². The fraction of sp³-hybridized carbons (Fsp3) is 0.714. The number of nitrogens with one attached hydrogen (secondary N) is 1. The predicted molar refractivity (Wildman–Crippen MR) is 75.4 cm³/mol. The maximum Gasteiger partial charge on any atom is 0.217 e. The van der Waals surface area contributed by atoms with Gasteiger partial charge in [-0.1, -0.05) is 27.7 Å². The average molecular weight is 253 g/mol. The highest BCUT2D eigenvalue weighted by Gasteiger charge is 2.24. The Kier molecular flexibility index (Phi) is 8.08. The number of rotatable bonds is 3. The van der Waals surface area contributed by atoms with Crippen molar-refractivity contribution in [3.05, 3.63) is 18.0 Å². The quantitative estimate of drug-likeness (QED) is 0.896. The standard InChI is InChI=1S/C10H15N3O.2C2H6/c1-7(12-8(2)14)9-5-11-13(6-9)10-3-4-10;2*1-2/h5-7,10H,3-4H2,1-2H3,(H,12,14);2*1-2H3. The summed E-state index contributed by atoms with van der Waals surface area (Å²) in [5.74, 6) is -0.00308. The van der Waals surface area contributed by atoms with Crippen LogP contribution in [-0.4, -0.2) is 15.7 Å². The summed E-state index contributed by atoms with van der Waals surface area (Å²) in [5.41, 5.74) is 1.08. The number of hydrogen-bond acceptors (Lipinski definition) is 2. The van der Waals surface area contributed by atoms with Gasteiger partial charge in [-0.15, -0.1) is 0 Å². The second-order valence-electron chi connectivity index (χ2n) is 3.91. The third kappa shape index (κ3) is 5.34. The summed E-state index contributed by atoms with van der Waals surface area (Å²) in [6, 6.07) is 0.660. The van der Waals surface area contributed by atoms with Crippen LogP contribution in [-0.2, 0) is 4.79 Å². The minimum absolute atomic E-state index is 0.00308. The summed E-state index contributed by atoms with van der Waals surface area (Å²) in [6.45, 7) is 11.5. The minimum Gasteiger partial charge on any atom is -0.350 e. The van der Waals surface area contributed by atoms with Crippen molar-refractivity contribution < 1.29 is 4.79 Å². The zero-order valence-electron chi connectivity index (χ0n) is 12.5. The molecule has 4 heteroatoms. The van der Waals surface area contributed by atoms with Crippen LogP contribution in [0.5, 0.6) is 0 Å². The molecule has 0 bridgehead atoms. The van der Waals surface area contributed by atoms with Crippen molar-refractivity contribution in [3.63, 3.8) is 0 Å². The van der Waals surface area contributed by atoms with Crippen molar-refractivity contribution in [1.29, 1.82) is 0 Å². The van der Waals surface area contributed by atoms with Crippen molar-refractivity contribution in [2.75, 3.05) is 0 Å². The van der Waals surface area contributed by atoms with Crippen LogP contribution in [0.4, 0.5) is 0 Å². The van der Waals surface area contributed by atoms with E-state index < -0.39 is 0 Å². The second-order valence-corrected chi connectivity index (χ2v) is 3.91. The summed E-state index contributed by atoms with van der Waals surface area (Å²) >= 11 is 0. The fourth-order valence-corrected chi connectivity index (χ4v) is 1.50. The Hall–Kier alpha value is -1.32. The highest BCUT2D eigenvalue weighted by atomic mass is 16.1. The third-order valence-electron chi connectivity index (χ3n) is 2.46. The van der Waals surface area contributed by atoms with Crippen LogP contribution in [0.15, 0.2) is 12.4 Å². The lowest BCUT2D eigenvalue weighted by atomic mass is 10.2. The first-order valence-electron chi connectivity index (χ1n) is 6.98. The van der Waals surface area contributed by atoms with Gasteiger partial charge in [0, 0.05) is 18.7 Å². The van der Waals surface area contributed by atoms with Gasteiger partial charge in [-0.05, 0) is 19.8 Å². The van der Waals surface area contributed by atoms with Crippen LogP contribution >= 0.6 is 0 Å². The Bertz CT molecular complexity index is 343. The lowest BCUT2D eigenvalue weighted by molar-refractivity contribution is -0.119. The number of amides is 1. The van der Waals surface area contributed by atoms with E-state index in [1.165, 1.54) is 19.8 Å². The Morgan fingerprint density at radius 1 is 1.39 bits per heavy atom. The van der Waals surface area contributed by atoms with Gasteiger partial charge in [0.25, 0.3) is 0 Å². The number of carbonyl (C=O) groups excluding carboxylic acids is 1. The van der Waals surface area contributed by atoms with E-state index >= 15 is 0 Å². The summed E-state index contributed by atoms with van der Waals surface area (Å²) in [5, 5.41) is 7.11. The molecular weight excluding hydrogens is 226 g/mol. The Morgan fingerprint density at radius 3 is 2.39 bits per heavy atom. The molecule has 1 atom stereocenters. The topological polar surface area (TPSA) is 46.9 Å². The monoisotopic (exact) mass is 253 g/mol. The van der Waals surface area contributed by atoms with Gasteiger partial charge in [-0.2, -0.15) is 5.10 Å². The van der Waals surface area contributed by atoms with E-state index in [1.807, 2.05) is 51.7 Å². The molecule has 1 aliphatic rings. The van der Waals surface area contributed by atoms with Gasteiger partial charge in [0.15, 0.2) is 0 Å². The predicted octanol–water partition coefficient (Wildman–Crippen LogP) is 3.47. The van der Waals surface area contributed by atoms with Gasteiger partial charge in [0.2, 0.25) is 5.91 Å². The molecule has 1 unspecified atom stereocenters. The van der Waals surface area contributed by atoms with Crippen molar-refractivity contribution in [2.45, 2.75) is 66.5 Å². The Balaban J connectivity index is 0.000000659. The van der Waals surface area contributed by atoms with Crippen molar-refractivity contribution in [2.24, 2.45) is 0 Å². The minimum atomic E-state index is -0.00308. The first kappa shape index (κ1) is 16.7.